The summed E-state index contributed by atoms with van der Waals surface area (Å²) >= 11 is 0. The van der Waals surface area contributed by atoms with Crippen LogP contribution in [-0.4, -0.2) is 6.61 Å². The third-order valence-corrected chi connectivity index (χ3v) is 4.47. The van der Waals surface area contributed by atoms with Gasteiger partial charge < -0.3 is 10.5 Å². The van der Waals surface area contributed by atoms with Crippen LogP contribution >= 0.6 is 0 Å². The smallest absolute Gasteiger partial charge is 0.128 e. The van der Waals surface area contributed by atoms with E-state index in [1.165, 1.54) is 16.7 Å². The molecule has 1 aliphatic heterocycles. The number of hydrogen-bond donors (Lipinski definition) is 1. The van der Waals surface area contributed by atoms with Gasteiger partial charge in [-0.1, -0.05) is 23.8 Å². The van der Waals surface area contributed by atoms with Crippen molar-refractivity contribution in [3.05, 3.63) is 75.1 Å². The predicted molar refractivity (Wildman–Crippen MR) is 102 cm³/mol. The van der Waals surface area contributed by atoms with Crippen LogP contribution in [0, 0.1) is 12.7 Å². The number of ether oxygens (including phenoxy) is 1. The van der Waals surface area contributed by atoms with E-state index in [2.05, 4.69) is 32.1 Å². The summed E-state index contributed by atoms with van der Waals surface area (Å²) in [7, 11) is 0. The number of fused-ring (bicyclic) bond motifs is 1. The first-order valence-electron chi connectivity index (χ1n) is 8.55. The quantitative estimate of drug-likeness (QED) is 0.849. The molecule has 1 heterocycles. The molecule has 25 heavy (non-hydrogen) atoms. The van der Waals surface area contributed by atoms with Crippen molar-refractivity contribution in [1.29, 1.82) is 0 Å². The second-order valence-electron chi connectivity index (χ2n) is 6.82. The van der Waals surface area contributed by atoms with Crippen molar-refractivity contribution in [2.45, 2.75) is 33.7 Å². The summed E-state index contributed by atoms with van der Waals surface area (Å²) in [6.45, 7) is 6.93. The molecule has 0 bridgehead atoms. The van der Waals surface area contributed by atoms with Crippen molar-refractivity contribution in [2.24, 2.45) is 5.73 Å². The Hall–Kier alpha value is -2.39. The average molecular weight is 337 g/mol. The van der Waals surface area contributed by atoms with E-state index in [0.717, 1.165) is 28.9 Å². The highest BCUT2D eigenvalue weighted by Crippen LogP contribution is 2.28. The van der Waals surface area contributed by atoms with Crippen LogP contribution in [0.3, 0.4) is 0 Å². The van der Waals surface area contributed by atoms with Crippen molar-refractivity contribution in [1.82, 2.24) is 0 Å². The first kappa shape index (κ1) is 17.4. The van der Waals surface area contributed by atoms with E-state index in [4.69, 9.17) is 10.5 Å². The van der Waals surface area contributed by atoms with Crippen molar-refractivity contribution in [3.8, 4) is 5.75 Å². The van der Waals surface area contributed by atoms with Gasteiger partial charge in [0.15, 0.2) is 0 Å². The molecule has 3 heteroatoms. The van der Waals surface area contributed by atoms with Crippen LogP contribution in [0.15, 0.2) is 41.5 Å². The molecule has 0 atom stereocenters. The zero-order valence-electron chi connectivity index (χ0n) is 15.0. The molecule has 2 nitrogen and oxygen atoms in total. The molecule has 0 amide bonds. The highest BCUT2D eigenvalue weighted by atomic mass is 19.1. The summed E-state index contributed by atoms with van der Waals surface area (Å²) in [5.41, 5.74) is 12.7. The SMILES string of the molecule is CC1=Cc2cc(C/C(C)=C/c3cc(C)c(CN)c(F)c3)ccc2OC1. The number of aryl methyl sites for hydroxylation is 1. The molecule has 130 valence electrons. The Morgan fingerprint density at radius 2 is 2.04 bits per heavy atom. The molecule has 0 unspecified atom stereocenters. The molecule has 2 aromatic carbocycles. The van der Waals surface area contributed by atoms with Gasteiger partial charge in [-0.2, -0.15) is 0 Å². The van der Waals surface area contributed by atoms with E-state index in [1.807, 2.05) is 25.1 Å². The van der Waals surface area contributed by atoms with Crippen LogP contribution in [0.1, 0.15) is 41.7 Å². The minimum atomic E-state index is -0.229. The average Bonchev–Trinajstić information content (AvgIpc) is 2.54. The lowest BCUT2D eigenvalue weighted by Crippen LogP contribution is -2.05. The Balaban J connectivity index is 1.82. The van der Waals surface area contributed by atoms with Crippen molar-refractivity contribution >= 4 is 12.2 Å². The number of benzene rings is 2. The van der Waals surface area contributed by atoms with E-state index in [9.17, 15) is 4.39 Å². The van der Waals surface area contributed by atoms with E-state index in [1.54, 1.807) is 6.07 Å². The maximum atomic E-state index is 14.1. The van der Waals surface area contributed by atoms with Gasteiger partial charge in [0.2, 0.25) is 0 Å². The molecule has 0 spiro atoms. The lowest BCUT2D eigenvalue weighted by Gasteiger charge is -2.16. The highest BCUT2D eigenvalue weighted by Gasteiger charge is 2.10. The molecular formula is C22H24FNO. The molecule has 0 aromatic heterocycles. The minimum Gasteiger partial charge on any atom is -0.489 e. The lowest BCUT2D eigenvalue weighted by molar-refractivity contribution is 0.347. The van der Waals surface area contributed by atoms with Crippen LogP contribution in [0.2, 0.25) is 0 Å². The van der Waals surface area contributed by atoms with E-state index in [-0.39, 0.29) is 12.4 Å². The van der Waals surface area contributed by atoms with E-state index >= 15 is 0 Å². The maximum absolute atomic E-state index is 14.1. The Kier molecular flexibility index (Phi) is 5.05. The highest BCUT2D eigenvalue weighted by molar-refractivity contribution is 5.63. The maximum Gasteiger partial charge on any atom is 0.128 e. The molecule has 0 radical (unpaired) electrons. The summed E-state index contributed by atoms with van der Waals surface area (Å²) in [6.07, 6.45) is 5.03. The van der Waals surface area contributed by atoms with Gasteiger partial charge in [-0.05, 0) is 73.7 Å². The van der Waals surface area contributed by atoms with Gasteiger partial charge >= 0.3 is 0 Å². The Morgan fingerprint density at radius 3 is 2.76 bits per heavy atom. The molecule has 0 aliphatic carbocycles. The number of nitrogens with two attached hydrogens (primary N) is 1. The van der Waals surface area contributed by atoms with Crippen LogP contribution in [0.5, 0.6) is 5.75 Å². The first-order chi connectivity index (χ1) is 12.0. The molecule has 2 aromatic rings. The summed E-state index contributed by atoms with van der Waals surface area (Å²) in [6, 6.07) is 9.83. The normalized spacial score (nSPS) is 14.0. The van der Waals surface area contributed by atoms with Crippen molar-refractivity contribution in [3.63, 3.8) is 0 Å². The zero-order chi connectivity index (χ0) is 18.0. The molecule has 0 saturated heterocycles. The Labute approximate surface area is 148 Å². The van der Waals surface area contributed by atoms with Gasteiger partial charge in [0, 0.05) is 17.7 Å². The number of allylic oxidation sites excluding steroid dienone is 1. The van der Waals surface area contributed by atoms with E-state index in [0.29, 0.717) is 12.2 Å². The van der Waals surface area contributed by atoms with Crippen LogP contribution in [0.4, 0.5) is 4.39 Å². The number of rotatable bonds is 4. The van der Waals surface area contributed by atoms with Crippen LogP contribution < -0.4 is 10.5 Å². The fourth-order valence-corrected chi connectivity index (χ4v) is 3.25. The molecule has 3 rings (SSSR count). The summed E-state index contributed by atoms with van der Waals surface area (Å²) in [5, 5.41) is 0. The largest absolute Gasteiger partial charge is 0.489 e. The lowest BCUT2D eigenvalue weighted by atomic mass is 9.98. The van der Waals surface area contributed by atoms with Gasteiger partial charge in [-0.15, -0.1) is 0 Å². The summed E-state index contributed by atoms with van der Waals surface area (Å²) in [4.78, 5) is 0. The van der Waals surface area contributed by atoms with Crippen LogP contribution in [-0.2, 0) is 13.0 Å². The standard InChI is InChI=1S/C22H24FNO/c1-14(7-18-9-16(3)20(12-24)21(23)11-18)6-17-4-5-22-19(10-17)8-15(2)13-25-22/h4-5,7-11H,6,12-13,24H2,1-3H3/b14-7+. The fraction of sp³-hybridized carbons (Fsp3) is 0.273. The number of hydrogen-bond acceptors (Lipinski definition) is 2. The van der Waals surface area contributed by atoms with Gasteiger partial charge in [0.25, 0.3) is 0 Å². The molecule has 2 N–H and O–H groups in total. The second kappa shape index (κ2) is 7.24. The van der Waals surface area contributed by atoms with Gasteiger partial charge in [0.1, 0.15) is 18.2 Å². The molecule has 1 aliphatic rings. The molecule has 0 saturated carbocycles. The second-order valence-corrected chi connectivity index (χ2v) is 6.82. The number of halogens is 1. The van der Waals surface area contributed by atoms with Gasteiger partial charge in [-0.25, -0.2) is 4.39 Å². The monoisotopic (exact) mass is 337 g/mol. The van der Waals surface area contributed by atoms with Gasteiger partial charge in [0.05, 0.1) is 0 Å². The third kappa shape index (κ3) is 3.99. The fourth-order valence-electron chi connectivity index (χ4n) is 3.25. The molecular weight excluding hydrogens is 313 g/mol. The Morgan fingerprint density at radius 1 is 1.24 bits per heavy atom. The van der Waals surface area contributed by atoms with Crippen LogP contribution in [0.25, 0.3) is 12.2 Å². The van der Waals surface area contributed by atoms with Gasteiger partial charge in [-0.3, -0.25) is 0 Å². The topological polar surface area (TPSA) is 35.2 Å². The van der Waals surface area contributed by atoms with E-state index < -0.39 is 0 Å². The first-order valence-corrected chi connectivity index (χ1v) is 8.55. The summed E-state index contributed by atoms with van der Waals surface area (Å²) in [5.74, 6) is 0.708. The Bertz CT molecular complexity index is 841. The van der Waals surface area contributed by atoms with Crippen molar-refractivity contribution in [2.75, 3.05) is 6.61 Å². The van der Waals surface area contributed by atoms with Crippen molar-refractivity contribution < 1.29 is 9.13 Å². The zero-order valence-corrected chi connectivity index (χ0v) is 15.0. The molecule has 0 fully saturated rings. The third-order valence-electron chi connectivity index (χ3n) is 4.47. The summed E-state index contributed by atoms with van der Waals surface area (Å²) < 4.78 is 19.8. The minimum absolute atomic E-state index is 0.227. The predicted octanol–water partition coefficient (Wildman–Crippen LogP) is 5.03.